The average molecular weight is 416 g/mol. The Morgan fingerprint density at radius 1 is 1.38 bits per heavy atom. The summed E-state index contributed by atoms with van der Waals surface area (Å²) < 4.78 is 6.22. The predicted molar refractivity (Wildman–Crippen MR) is 99.9 cm³/mol. The molecule has 1 fully saturated rings. The Bertz CT molecular complexity index is 813. The molecule has 1 aromatic heterocycles. The number of likely N-dealkylation sites (tertiary alicyclic amines) is 1. The first-order valence-corrected chi connectivity index (χ1v) is 8.53. The fourth-order valence-electron chi connectivity index (χ4n) is 3.10. The zero-order valence-electron chi connectivity index (χ0n) is 13.4. The number of carbonyl (C=O) groups excluding carboxylic acids is 1. The fourth-order valence-corrected chi connectivity index (χ4v) is 3.46. The van der Waals surface area contributed by atoms with Crippen molar-refractivity contribution in [1.82, 2.24) is 4.90 Å². The molecule has 2 heterocycles. The Labute approximate surface area is 154 Å². The van der Waals surface area contributed by atoms with Crippen molar-refractivity contribution in [3.8, 4) is 0 Å². The lowest BCUT2D eigenvalue weighted by atomic mass is 9.96. The number of fused-ring (bicyclic) bond motifs is 1. The summed E-state index contributed by atoms with van der Waals surface area (Å²) in [5, 5.41) is 0.777. The summed E-state index contributed by atoms with van der Waals surface area (Å²) in [6, 6.07) is 5.41. The second-order valence-corrected chi connectivity index (χ2v) is 6.92. The Hall–Kier alpha value is -1.37. The maximum atomic E-state index is 12.8. The van der Waals surface area contributed by atoms with Gasteiger partial charge in [0, 0.05) is 22.9 Å². The van der Waals surface area contributed by atoms with Crippen molar-refractivity contribution in [3.05, 3.63) is 44.2 Å². The molecule has 7 heteroatoms. The van der Waals surface area contributed by atoms with Crippen molar-refractivity contribution in [2.24, 2.45) is 11.7 Å². The van der Waals surface area contributed by atoms with Crippen molar-refractivity contribution in [2.75, 3.05) is 19.6 Å². The fraction of sp³-hybridized carbons (Fsp3) is 0.412. The van der Waals surface area contributed by atoms with Gasteiger partial charge in [-0.05, 0) is 56.0 Å². The van der Waals surface area contributed by atoms with Crippen molar-refractivity contribution in [2.45, 2.75) is 19.8 Å². The highest BCUT2D eigenvalue weighted by Crippen LogP contribution is 2.25. The zero-order chi connectivity index (χ0) is 16.6. The van der Waals surface area contributed by atoms with E-state index in [1.807, 2.05) is 12.1 Å². The van der Waals surface area contributed by atoms with Crippen LogP contribution in [-0.4, -0.2) is 30.4 Å². The van der Waals surface area contributed by atoms with Crippen LogP contribution in [0.5, 0.6) is 0 Å². The monoisotopic (exact) mass is 414 g/mol. The Balaban J connectivity index is 0.00000208. The molecular weight excluding hydrogens is 396 g/mol. The number of aryl methyl sites for hydroxylation is 1. The van der Waals surface area contributed by atoms with Gasteiger partial charge in [0.05, 0.1) is 0 Å². The molecule has 0 bridgehead atoms. The maximum Gasteiger partial charge on any atom is 0.349 e. The third-order valence-corrected chi connectivity index (χ3v) is 5.07. The first-order valence-electron chi connectivity index (χ1n) is 7.73. The van der Waals surface area contributed by atoms with E-state index in [1.165, 1.54) is 0 Å². The van der Waals surface area contributed by atoms with E-state index in [1.54, 1.807) is 17.9 Å². The van der Waals surface area contributed by atoms with Crippen molar-refractivity contribution >= 4 is 45.2 Å². The van der Waals surface area contributed by atoms with E-state index in [0.717, 1.165) is 22.7 Å². The average Bonchev–Trinajstić information content (AvgIpc) is 2.55. The van der Waals surface area contributed by atoms with Gasteiger partial charge in [-0.1, -0.05) is 15.9 Å². The highest BCUT2D eigenvalue weighted by atomic mass is 79.9. The van der Waals surface area contributed by atoms with Gasteiger partial charge in [0.1, 0.15) is 11.1 Å². The molecule has 0 atom stereocenters. The highest BCUT2D eigenvalue weighted by molar-refractivity contribution is 9.10. The minimum atomic E-state index is -0.566. The van der Waals surface area contributed by atoms with Crippen LogP contribution in [0.2, 0.25) is 0 Å². The zero-order valence-corrected chi connectivity index (χ0v) is 15.8. The van der Waals surface area contributed by atoms with E-state index < -0.39 is 5.63 Å². The lowest BCUT2D eigenvalue weighted by Crippen LogP contribution is -2.41. The van der Waals surface area contributed by atoms with E-state index in [0.29, 0.717) is 36.7 Å². The molecule has 3 rings (SSSR count). The molecule has 0 unspecified atom stereocenters. The quantitative estimate of drug-likeness (QED) is 0.765. The van der Waals surface area contributed by atoms with Gasteiger partial charge in [-0.2, -0.15) is 0 Å². The molecule has 1 aromatic carbocycles. The Kier molecular flexibility index (Phi) is 6.06. The van der Waals surface area contributed by atoms with Gasteiger partial charge in [-0.15, -0.1) is 12.4 Å². The van der Waals surface area contributed by atoms with E-state index in [2.05, 4.69) is 15.9 Å². The summed E-state index contributed by atoms with van der Waals surface area (Å²) in [6.07, 6.45) is 1.76. The van der Waals surface area contributed by atoms with Gasteiger partial charge in [0.25, 0.3) is 5.91 Å². The minimum absolute atomic E-state index is 0. The Morgan fingerprint density at radius 3 is 2.67 bits per heavy atom. The van der Waals surface area contributed by atoms with Crippen LogP contribution in [0.4, 0.5) is 0 Å². The first kappa shape index (κ1) is 19.0. The van der Waals surface area contributed by atoms with E-state index >= 15 is 0 Å². The van der Waals surface area contributed by atoms with Crippen LogP contribution in [-0.2, 0) is 0 Å². The molecule has 0 spiro atoms. The molecule has 5 nitrogen and oxygen atoms in total. The lowest BCUT2D eigenvalue weighted by molar-refractivity contribution is 0.0688. The van der Waals surface area contributed by atoms with Crippen LogP contribution in [0.3, 0.4) is 0 Å². The number of piperidine rings is 1. The van der Waals surface area contributed by atoms with Crippen LogP contribution < -0.4 is 11.4 Å². The number of nitrogens with two attached hydrogens (primary N) is 1. The minimum Gasteiger partial charge on any atom is -0.422 e. The summed E-state index contributed by atoms with van der Waals surface area (Å²) in [4.78, 5) is 26.8. The Morgan fingerprint density at radius 2 is 2.04 bits per heavy atom. The van der Waals surface area contributed by atoms with Crippen molar-refractivity contribution in [1.29, 1.82) is 0 Å². The summed E-state index contributed by atoms with van der Waals surface area (Å²) in [6.45, 7) is 3.71. The molecular formula is C17H20BrClN2O3. The number of nitrogens with zero attached hydrogens (tertiary/aromatic N) is 1. The van der Waals surface area contributed by atoms with Gasteiger partial charge in [0.15, 0.2) is 0 Å². The second-order valence-electron chi connectivity index (χ2n) is 6.00. The van der Waals surface area contributed by atoms with Crippen molar-refractivity contribution < 1.29 is 9.21 Å². The number of hydrogen-bond donors (Lipinski definition) is 1. The second kappa shape index (κ2) is 7.68. The standard InChI is InChI=1S/C17H19BrN2O3.ClH/c1-10-13-8-12(18)2-3-14(13)23-17(22)15(10)16(21)20-6-4-11(9-19)5-7-20;/h2-3,8,11H,4-7,9,19H2,1H3;1H. The molecule has 0 saturated carbocycles. The number of amides is 1. The number of hydrogen-bond acceptors (Lipinski definition) is 4. The summed E-state index contributed by atoms with van der Waals surface area (Å²) in [5.74, 6) is 0.220. The van der Waals surface area contributed by atoms with Gasteiger partial charge in [0.2, 0.25) is 0 Å². The lowest BCUT2D eigenvalue weighted by Gasteiger charge is -2.31. The molecule has 1 amide bonds. The number of rotatable bonds is 2. The maximum absolute atomic E-state index is 12.8. The summed E-state index contributed by atoms with van der Waals surface area (Å²) in [7, 11) is 0. The highest BCUT2D eigenvalue weighted by Gasteiger charge is 2.27. The molecule has 24 heavy (non-hydrogen) atoms. The smallest absolute Gasteiger partial charge is 0.349 e. The number of benzene rings is 1. The van der Waals surface area contributed by atoms with Crippen LogP contribution in [0.25, 0.3) is 11.0 Å². The molecule has 0 radical (unpaired) electrons. The molecule has 1 aliphatic rings. The van der Waals surface area contributed by atoms with Crippen LogP contribution in [0.1, 0.15) is 28.8 Å². The normalized spacial score (nSPS) is 15.4. The molecule has 130 valence electrons. The van der Waals surface area contributed by atoms with Gasteiger partial charge >= 0.3 is 5.63 Å². The number of halogens is 2. The predicted octanol–water partition coefficient (Wildman–Crippen LogP) is 3.10. The molecule has 1 aliphatic heterocycles. The van der Waals surface area contributed by atoms with E-state index in [-0.39, 0.29) is 23.9 Å². The molecule has 1 saturated heterocycles. The number of carbonyl (C=O) groups is 1. The van der Waals surface area contributed by atoms with E-state index in [9.17, 15) is 9.59 Å². The van der Waals surface area contributed by atoms with Crippen LogP contribution in [0.15, 0.2) is 31.9 Å². The van der Waals surface area contributed by atoms with Gasteiger partial charge < -0.3 is 15.1 Å². The van der Waals surface area contributed by atoms with Crippen LogP contribution >= 0.6 is 28.3 Å². The molecule has 2 N–H and O–H groups in total. The van der Waals surface area contributed by atoms with Gasteiger partial charge in [-0.25, -0.2) is 4.79 Å². The van der Waals surface area contributed by atoms with E-state index in [4.69, 9.17) is 10.2 Å². The summed E-state index contributed by atoms with van der Waals surface area (Å²) >= 11 is 3.41. The third-order valence-electron chi connectivity index (χ3n) is 4.58. The summed E-state index contributed by atoms with van der Waals surface area (Å²) in [5.41, 5.74) is 6.43. The van der Waals surface area contributed by atoms with Gasteiger partial charge in [-0.3, -0.25) is 4.79 Å². The molecule has 2 aromatic rings. The van der Waals surface area contributed by atoms with Crippen molar-refractivity contribution in [3.63, 3.8) is 0 Å². The topological polar surface area (TPSA) is 76.5 Å². The van der Waals surface area contributed by atoms with Crippen LogP contribution in [0, 0.1) is 12.8 Å². The SMILES string of the molecule is Cc1c(C(=O)N2CCC(CN)CC2)c(=O)oc2ccc(Br)cc12.Cl. The molecule has 0 aliphatic carbocycles. The third kappa shape index (κ3) is 3.50. The largest absolute Gasteiger partial charge is 0.422 e. The first-order chi connectivity index (χ1) is 11.0.